The first-order chi connectivity index (χ1) is 14.9. The molecule has 0 radical (unpaired) electrons. The molecule has 160 valence electrons. The summed E-state index contributed by atoms with van der Waals surface area (Å²) in [5.41, 5.74) is 2.35. The predicted octanol–water partition coefficient (Wildman–Crippen LogP) is 3.78. The number of ether oxygens (including phenoxy) is 2. The van der Waals surface area contributed by atoms with Gasteiger partial charge in [-0.15, -0.1) is 0 Å². The van der Waals surface area contributed by atoms with Crippen molar-refractivity contribution in [2.75, 3.05) is 5.32 Å². The Labute approximate surface area is 180 Å². The lowest BCUT2D eigenvalue weighted by Crippen LogP contribution is -2.35. The second-order valence-electron chi connectivity index (χ2n) is 8.93. The van der Waals surface area contributed by atoms with Crippen molar-refractivity contribution in [3.63, 3.8) is 0 Å². The van der Waals surface area contributed by atoms with Crippen LogP contribution in [0.5, 0.6) is 5.75 Å². The van der Waals surface area contributed by atoms with Crippen LogP contribution >= 0.6 is 0 Å². The van der Waals surface area contributed by atoms with Crippen LogP contribution in [0.2, 0.25) is 0 Å². The van der Waals surface area contributed by atoms with Crippen molar-refractivity contribution in [2.45, 2.75) is 38.9 Å². The zero-order chi connectivity index (χ0) is 21.7. The van der Waals surface area contributed by atoms with Crippen LogP contribution in [-0.4, -0.2) is 29.9 Å². The average Bonchev–Trinajstić information content (AvgIpc) is 3.38. The molecule has 1 amide bonds. The number of nitrogens with one attached hydrogen (secondary N) is 1. The molecular weight excluding hydrogens is 394 g/mol. The number of amides is 1. The number of Topliss-reactive ketones (excluding diaryl/α,β-unsaturated/α-hetero) is 1. The van der Waals surface area contributed by atoms with E-state index in [0.29, 0.717) is 17.0 Å². The first-order valence-corrected chi connectivity index (χ1v) is 10.8. The molecule has 2 aromatic carbocycles. The van der Waals surface area contributed by atoms with Crippen LogP contribution in [0, 0.1) is 30.6 Å². The molecule has 2 aromatic rings. The maximum Gasteiger partial charge on any atom is 0.310 e. The SMILES string of the molecule is Cc1ccc(C(=O)[C@H](C)Oc2ccc(NC(=O)[C@@H]3[C@H]4C[C@H]5[C@@H]3C(=O)O[C@H]5C4)cc2)cc1. The summed E-state index contributed by atoms with van der Waals surface area (Å²) < 4.78 is 11.2. The van der Waals surface area contributed by atoms with Crippen LogP contribution in [0.1, 0.15) is 35.7 Å². The van der Waals surface area contributed by atoms with Gasteiger partial charge < -0.3 is 14.8 Å². The van der Waals surface area contributed by atoms with Crippen molar-refractivity contribution in [3.8, 4) is 5.75 Å². The topological polar surface area (TPSA) is 81.7 Å². The number of aryl methyl sites for hydroxylation is 1. The Hall–Kier alpha value is -3.15. The minimum atomic E-state index is -0.626. The van der Waals surface area contributed by atoms with Gasteiger partial charge in [0.15, 0.2) is 6.10 Å². The molecule has 31 heavy (non-hydrogen) atoms. The van der Waals surface area contributed by atoms with E-state index >= 15 is 0 Å². The van der Waals surface area contributed by atoms with E-state index in [2.05, 4.69) is 5.32 Å². The van der Waals surface area contributed by atoms with Crippen LogP contribution in [0.15, 0.2) is 48.5 Å². The van der Waals surface area contributed by atoms with E-state index in [0.717, 1.165) is 18.4 Å². The second kappa shape index (κ2) is 7.52. The molecule has 0 spiro atoms. The van der Waals surface area contributed by atoms with Gasteiger partial charge in [-0.25, -0.2) is 0 Å². The van der Waals surface area contributed by atoms with E-state index < -0.39 is 6.10 Å². The molecule has 2 saturated carbocycles. The lowest BCUT2D eigenvalue weighted by atomic mass is 9.79. The summed E-state index contributed by atoms with van der Waals surface area (Å²) in [4.78, 5) is 37.6. The molecule has 6 atom stereocenters. The third kappa shape index (κ3) is 3.50. The maximum absolute atomic E-state index is 12.9. The smallest absolute Gasteiger partial charge is 0.310 e. The van der Waals surface area contributed by atoms with Gasteiger partial charge in [0.25, 0.3) is 0 Å². The standard InChI is InChI=1S/C25H25NO5/c1-13-3-5-15(6-4-13)23(27)14(2)30-18-9-7-17(8-10-18)26-24(28)21-16-11-19-20(12-16)31-25(29)22(19)21/h3-10,14,16,19-22H,11-12H2,1-2H3,(H,26,28)/t14-,16-,19+,20-,21+,22-/m0/s1. The van der Waals surface area contributed by atoms with Gasteiger partial charge in [-0.05, 0) is 56.9 Å². The minimum absolute atomic E-state index is 0.0209. The van der Waals surface area contributed by atoms with Gasteiger partial charge in [-0.3, -0.25) is 14.4 Å². The summed E-state index contributed by atoms with van der Waals surface area (Å²) in [5, 5.41) is 2.94. The lowest BCUT2D eigenvalue weighted by molar-refractivity contribution is -0.145. The Kier molecular flexibility index (Phi) is 4.80. The van der Waals surface area contributed by atoms with Gasteiger partial charge in [0.2, 0.25) is 11.7 Å². The van der Waals surface area contributed by atoms with E-state index in [1.54, 1.807) is 43.3 Å². The Bertz CT molecular complexity index is 1030. The molecule has 1 saturated heterocycles. The van der Waals surface area contributed by atoms with E-state index in [-0.39, 0.29) is 47.4 Å². The van der Waals surface area contributed by atoms with Crippen molar-refractivity contribution in [2.24, 2.45) is 23.7 Å². The average molecular weight is 419 g/mol. The van der Waals surface area contributed by atoms with E-state index in [4.69, 9.17) is 9.47 Å². The number of hydrogen-bond acceptors (Lipinski definition) is 5. The number of esters is 1. The van der Waals surface area contributed by atoms with Crippen molar-refractivity contribution in [1.82, 2.24) is 0 Å². The maximum atomic E-state index is 12.9. The Morgan fingerprint density at radius 3 is 2.48 bits per heavy atom. The Morgan fingerprint density at radius 1 is 1.06 bits per heavy atom. The fourth-order valence-corrected chi connectivity index (χ4v) is 5.42. The molecular formula is C25H25NO5. The van der Waals surface area contributed by atoms with Gasteiger partial charge in [0, 0.05) is 17.2 Å². The Balaban J connectivity index is 1.20. The summed E-state index contributed by atoms with van der Waals surface area (Å²) in [6.45, 7) is 3.70. The number of ketones is 1. The predicted molar refractivity (Wildman–Crippen MR) is 114 cm³/mol. The van der Waals surface area contributed by atoms with Crippen molar-refractivity contribution >= 4 is 23.3 Å². The summed E-state index contributed by atoms with van der Waals surface area (Å²) >= 11 is 0. The van der Waals surface area contributed by atoms with Crippen LogP contribution in [0.25, 0.3) is 0 Å². The van der Waals surface area contributed by atoms with Crippen LogP contribution in [-0.2, 0) is 14.3 Å². The summed E-state index contributed by atoms with van der Waals surface area (Å²) in [7, 11) is 0. The molecule has 3 fully saturated rings. The van der Waals surface area contributed by atoms with Gasteiger partial charge in [0.05, 0.1) is 11.8 Å². The molecule has 0 unspecified atom stereocenters. The highest BCUT2D eigenvalue weighted by atomic mass is 16.6. The number of rotatable bonds is 6. The molecule has 6 heteroatoms. The first-order valence-electron chi connectivity index (χ1n) is 10.8. The monoisotopic (exact) mass is 419 g/mol. The van der Waals surface area contributed by atoms with Gasteiger partial charge in [-0.2, -0.15) is 0 Å². The number of fused-ring (bicyclic) bond motifs is 1. The molecule has 3 aliphatic rings. The third-order valence-corrected chi connectivity index (χ3v) is 6.93. The normalized spacial score (nSPS) is 28.8. The quantitative estimate of drug-likeness (QED) is 0.569. The molecule has 1 aliphatic heterocycles. The zero-order valence-corrected chi connectivity index (χ0v) is 17.5. The van der Waals surface area contributed by atoms with E-state index in [1.165, 1.54) is 0 Å². The summed E-state index contributed by atoms with van der Waals surface area (Å²) in [5.74, 6) is -0.0420. The zero-order valence-electron chi connectivity index (χ0n) is 17.5. The largest absolute Gasteiger partial charge is 0.483 e. The molecule has 2 bridgehead atoms. The summed E-state index contributed by atoms with van der Waals surface area (Å²) in [6, 6.07) is 14.4. The number of anilines is 1. The Morgan fingerprint density at radius 2 is 1.77 bits per heavy atom. The highest BCUT2D eigenvalue weighted by Crippen LogP contribution is 2.57. The van der Waals surface area contributed by atoms with Gasteiger partial charge >= 0.3 is 5.97 Å². The molecule has 1 N–H and O–H groups in total. The van der Waals surface area contributed by atoms with Crippen molar-refractivity contribution in [3.05, 3.63) is 59.7 Å². The van der Waals surface area contributed by atoms with Crippen molar-refractivity contribution < 1.29 is 23.9 Å². The molecule has 0 aromatic heterocycles. The number of hydrogen-bond donors (Lipinski definition) is 1. The number of benzene rings is 2. The first kappa shape index (κ1) is 19.8. The van der Waals surface area contributed by atoms with Gasteiger partial charge in [0.1, 0.15) is 11.9 Å². The fraction of sp³-hybridized carbons (Fsp3) is 0.400. The highest BCUT2D eigenvalue weighted by molar-refractivity contribution is 5.99. The lowest BCUT2D eigenvalue weighted by Gasteiger charge is -2.23. The van der Waals surface area contributed by atoms with E-state index in [1.807, 2.05) is 19.1 Å². The molecule has 6 nitrogen and oxygen atoms in total. The third-order valence-electron chi connectivity index (χ3n) is 6.93. The van der Waals surface area contributed by atoms with Crippen LogP contribution < -0.4 is 10.1 Å². The molecule has 5 rings (SSSR count). The van der Waals surface area contributed by atoms with Crippen LogP contribution in [0.3, 0.4) is 0 Å². The minimum Gasteiger partial charge on any atom is -0.483 e. The fourth-order valence-electron chi connectivity index (χ4n) is 5.42. The number of carbonyl (C=O) groups is 3. The molecule has 1 heterocycles. The highest BCUT2D eigenvalue weighted by Gasteiger charge is 2.63. The van der Waals surface area contributed by atoms with Gasteiger partial charge in [-0.1, -0.05) is 29.8 Å². The van der Waals surface area contributed by atoms with E-state index in [9.17, 15) is 14.4 Å². The van der Waals surface area contributed by atoms with Crippen molar-refractivity contribution in [1.29, 1.82) is 0 Å². The summed E-state index contributed by atoms with van der Waals surface area (Å²) in [6.07, 6.45) is 1.09. The number of carbonyl (C=O) groups excluding carboxylic acids is 3. The molecule has 2 aliphatic carbocycles. The van der Waals surface area contributed by atoms with Crippen LogP contribution in [0.4, 0.5) is 5.69 Å². The second-order valence-corrected chi connectivity index (χ2v) is 8.93.